The van der Waals surface area contributed by atoms with E-state index in [1.165, 1.54) is 16.7 Å². The molecule has 0 aromatic heterocycles. The Morgan fingerprint density at radius 3 is 2.52 bits per heavy atom. The van der Waals surface area contributed by atoms with Gasteiger partial charge in [-0.2, -0.15) is 5.26 Å². The Labute approximate surface area is 149 Å². The van der Waals surface area contributed by atoms with Gasteiger partial charge < -0.3 is 10.0 Å². The minimum absolute atomic E-state index is 0.276. The van der Waals surface area contributed by atoms with Gasteiger partial charge in [0.15, 0.2) is 0 Å². The molecule has 6 heteroatoms. The number of carbonyl (C=O) groups is 2. The van der Waals surface area contributed by atoms with Crippen LogP contribution in [-0.2, 0) is 4.79 Å². The summed E-state index contributed by atoms with van der Waals surface area (Å²) in [6.45, 7) is 0.448. The van der Waals surface area contributed by atoms with Crippen molar-refractivity contribution in [3.8, 4) is 6.07 Å². The Bertz CT molecular complexity index is 860. The Balaban J connectivity index is 1.92. The van der Waals surface area contributed by atoms with Crippen LogP contribution >= 0.6 is 11.8 Å². The number of nitrogens with zero attached hydrogens (tertiary/aromatic N) is 2. The van der Waals surface area contributed by atoms with Gasteiger partial charge in [0.05, 0.1) is 11.1 Å². The second-order valence-corrected chi connectivity index (χ2v) is 6.78. The summed E-state index contributed by atoms with van der Waals surface area (Å²) in [6, 6.07) is 15.7. The summed E-state index contributed by atoms with van der Waals surface area (Å²) in [6.07, 6.45) is 1.17. The quantitative estimate of drug-likeness (QED) is 0.912. The molecule has 25 heavy (non-hydrogen) atoms. The number of benzene rings is 2. The maximum absolute atomic E-state index is 12.9. The first-order valence-electron chi connectivity index (χ1n) is 7.91. The van der Waals surface area contributed by atoms with E-state index < -0.39 is 12.0 Å². The number of carboxylic acids is 1. The standard InChI is InChI=1S/C19H16N2O3S/c20-12-13-6-1-3-9-16(13)25-17-10-4-2-7-14(17)18(22)21-11-5-8-15(21)19(23)24/h1-4,6-7,9-10,15H,5,8,11H2,(H,23,24)/t15-/m0/s1. The van der Waals surface area contributed by atoms with E-state index in [-0.39, 0.29) is 5.91 Å². The van der Waals surface area contributed by atoms with E-state index >= 15 is 0 Å². The van der Waals surface area contributed by atoms with Crippen LogP contribution in [0.2, 0.25) is 0 Å². The number of hydrogen-bond donors (Lipinski definition) is 1. The van der Waals surface area contributed by atoms with Crippen molar-refractivity contribution in [2.45, 2.75) is 28.7 Å². The van der Waals surface area contributed by atoms with E-state index in [1.807, 2.05) is 24.3 Å². The minimum Gasteiger partial charge on any atom is -0.480 e. The third kappa shape index (κ3) is 3.52. The Morgan fingerprint density at radius 1 is 1.12 bits per heavy atom. The number of hydrogen-bond acceptors (Lipinski definition) is 4. The van der Waals surface area contributed by atoms with Crippen LogP contribution < -0.4 is 0 Å². The monoisotopic (exact) mass is 352 g/mol. The average Bonchev–Trinajstić information content (AvgIpc) is 3.12. The van der Waals surface area contributed by atoms with Crippen LogP contribution in [0.3, 0.4) is 0 Å². The summed E-state index contributed by atoms with van der Waals surface area (Å²) in [5.74, 6) is -1.24. The van der Waals surface area contributed by atoms with Crippen molar-refractivity contribution >= 4 is 23.6 Å². The predicted octanol–water partition coefficient (Wildman–Crippen LogP) is 3.40. The molecule has 126 valence electrons. The van der Waals surface area contributed by atoms with Gasteiger partial charge in [0, 0.05) is 16.3 Å². The number of rotatable bonds is 4. The lowest BCUT2D eigenvalue weighted by Gasteiger charge is -2.22. The zero-order chi connectivity index (χ0) is 17.8. The van der Waals surface area contributed by atoms with Crippen LogP contribution in [0.5, 0.6) is 0 Å². The Kier molecular flexibility index (Phi) is 5.05. The fraction of sp³-hybridized carbons (Fsp3) is 0.211. The highest BCUT2D eigenvalue weighted by Crippen LogP contribution is 2.34. The van der Waals surface area contributed by atoms with Crippen LogP contribution in [0.25, 0.3) is 0 Å². The summed E-state index contributed by atoms with van der Waals surface area (Å²) < 4.78 is 0. The van der Waals surface area contributed by atoms with Crippen LogP contribution in [0.1, 0.15) is 28.8 Å². The summed E-state index contributed by atoms with van der Waals surface area (Å²) in [5, 5.41) is 18.6. The number of nitriles is 1. The number of carbonyl (C=O) groups excluding carboxylic acids is 1. The lowest BCUT2D eigenvalue weighted by molar-refractivity contribution is -0.141. The van der Waals surface area contributed by atoms with E-state index in [1.54, 1.807) is 24.3 Å². The van der Waals surface area contributed by atoms with Gasteiger partial charge in [-0.05, 0) is 37.1 Å². The van der Waals surface area contributed by atoms with Crippen molar-refractivity contribution in [2.75, 3.05) is 6.54 Å². The van der Waals surface area contributed by atoms with E-state index in [0.717, 1.165) is 4.90 Å². The molecule has 1 saturated heterocycles. The molecule has 3 rings (SSSR count). The number of amides is 1. The molecular weight excluding hydrogens is 336 g/mol. The molecule has 2 aromatic carbocycles. The van der Waals surface area contributed by atoms with Gasteiger partial charge in [0.25, 0.3) is 5.91 Å². The summed E-state index contributed by atoms with van der Waals surface area (Å²) >= 11 is 1.34. The second kappa shape index (κ2) is 7.41. The third-order valence-corrected chi connectivity index (χ3v) is 5.30. The van der Waals surface area contributed by atoms with Gasteiger partial charge in [-0.1, -0.05) is 36.0 Å². The van der Waals surface area contributed by atoms with Crippen molar-refractivity contribution in [3.63, 3.8) is 0 Å². The maximum atomic E-state index is 12.9. The van der Waals surface area contributed by atoms with E-state index in [4.69, 9.17) is 0 Å². The smallest absolute Gasteiger partial charge is 0.326 e. The van der Waals surface area contributed by atoms with Gasteiger partial charge in [-0.15, -0.1) is 0 Å². The van der Waals surface area contributed by atoms with Crippen LogP contribution in [-0.4, -0.2) is 34.5 Å². The molecule has 0 aliphatic carbocycles. The van der Waals surface area contributed by atoms with Crippen molar-refractivity contribution in [1.29, 1.82) is 5.26 Å². The van der Waals surface area contributed by atoms with Crippen molar-refractivity contribution in [2.24, 2.45) is 0 Å². The van der Waals surface area contributed by atoms with Crippen molar-refractivity contribution in [1.82, 2.24) is 4.90 Å². The lowest BCUT2D eigenvalue weighted by atomic mass is 10.1. The van der Waals surface area contributed by atoms with Crippen LogP contribution in [0.15, 0.2) is 58.3 Å². The zero-order valence-electron chi connectivity index (χ0n) is 13.4. The topological polar surface area (TPSA) is 81.4 Å². The first kappa shape index (κ1) is 17.1. The lowest BCUT2D eigenvalue weighted by Crippen LogP contribution is -2.40. The highest BCUT2D eigenvalue weighted by molar-refractivity contribution is 7.99. The molecule has 1 aliphatic rings. The molecule has 1 atom stereocenters. The van der Waals surface area contributed by atoms with Gasteiger partial charge in [0.1, 0.15) is 12.1 Å². The molecule has 2 aromatic rings. The Hall–Kier alpha value is -2.78. The fourth-order valence-corrected chi connectivity index (χ4v) is 3.94. The number of carboxylic acid groups (broad SMARTS) is 1. The second-order valence-electron chi connectivity index (χ2n) is 5.70. The number of aliphatic carboxylic acids is 1. The van der Waals surface area contributed by atoms with Crippen molar-refractivity contribution in [3.05, 3.63) is 59.7 Å². The molecule has 0 bridgehead atoms. The molecule has 5 nitrogen and oxygen atoms in total. The molecule has 0 spiro atoms. The highest BCUT2D eigenvalue weighted by atomic mass is 32.2. The van der Waals surface area contributed by atoms with E-state index in [2.05, 4.69) is 6.07 Å². The summed E-state index contributed by atoms with van der Waals surface area (Å²) in [4.78, 5) is 27.2. The van der Waals surface area contributed by atoms with Crippen LogP contribution in [0.4, 0.5) is 0 Å². The van der Waals surface area contributed by atoms with E-state index in [9.17, 15) is 20.0 Å². The summed E-state index contributed by atoms with van der Waals surface area (Å²) in [7, 11) is 0. The van der Waals surface area contributed by atoms with Crippen molar-refractivity contribution < 1.29 is 14.7 Å². The average molecular weight is 352 g/mol. The van der Waals surface area contributed by atoms with Gasteiger partial charge in [0.2, 0.25) is 0 Å². The molecule has 1 aliphatic heterocycles. The number of likely N-dealkylation sites (tertiary alicyclic amines) is 1. The summed E-state index contributed by atoms with van der Waals surface area (Å²) in [5.41, 5.74) is 1.01. The molecule has 1 fully saturated rings. The predicted molar refractivity (Wildman–Crippen MR) is 93.4 cm³/mol. The molecular formula is C19H16N2O3S. The molecule has 0 radical (unpaired) electrons. The molecule has 0 unspecified atom stereocenters. The van der Waals surface area contributed by atoms with Gasteiger partial charge in [-0.3, -0.25) is 4.79 Å². The Morgan fingerprint density at radius 2 is 1.80 bits per heavy atom. The maximum Gasteiger partial charge on any atom is 0.326 e. The van der Waals surface area contributed by atoms with Gasteiger partial charge >= 0.3 is 5.97 Å². The normalized spacial score (nSPS) is 16.4. The third-order valence-electron chi connectivity index (χ3n) is 4.14. The largest absolute Gasteiger partial charge is 0.480 e. The molecule has 1 N–H and O–H groups in total. The van der Waals surface area contributed by atoms with Crippen LogP contribution in [0, 0.1) is 11.3 Å². The zero-order valence-corrected chi connectivity index (χ0v) is 14.2. The fourth-order valence-electron chi connectivity index (χ4n) is 2.92. The van der Waals surface area contributed by atoms with E-state index in [0.29, 0.717) is 35.4 Å². The first-order valence-corrected chi connectivity index (χ1v) is 8.73. The SMILES string of the molecule is N#Cc1ccccc1Sc1ccccc1C(=O)N1CCC[C@H]1C(=O)O. The molecule has 1 amide bonds. The minimum atomic E-state index is -0.967. The first-order chi connectivity index (χ1) is 12.1. The molecule has 0 saturated carbocycles. The highest BCUT2D eigenvalue weighted by Gasteiger charge is 2.35. The molecule has 1 heterocycles. The van der Waals surface area contributed by atoms with Gasteiger partial charge in [-0.25, -0.2) is 4.79 Å².